The summed E-state index contributed by atoms with van der Waals surface area (Å²) in [6.45, 7) is 3.33. The molecule has 14 heavy (non-hydrogen) atoms. The van der Waals surface area contributed by atoms with Gasteiger partial charge in [-0.1, -0.05) is 6.92 Å². The van der Waals surface area contributed by atoms with Crippen LogP contribution in [0.5, 0.6) is 0 Å². The lowest BCUT2D eigenvalue weighted by molar-refractivity contribution is 0.453. The van der Waals surface area contributed by atoms with Gasteiger partial charge in [-0.3, -0.25) is 0 Å². The highest BCUT2D eigenvalue weighted by Crippen LogP contribution is 2.25. The molecule has 0 spiro atoms. The Kier molecular flexibility index (Phi) is 3.93. The minimum Gasteiger partial charge on any atom is -0.309 e. The van der Waals surface area contributed by atoms with Crippen LogP contribution in [-0.2, 0) is 6.54 Å². The molecule has 1 saturated heterocycles. The van der Waals surface area contributed by atoms with Crippen molar-refractivity contribution in [1.82, 2.24) is 5.32 Å². The number of hydrogen-bond acceptors (Lipinski definition) is 3. The predicted molar refractivity (Wildman–Crippen MR) is 69.1 cm³/mol. The van der Waals surface area contributed by atoms with Crippen molar-refractivity contribution in [2.24, 2.45) is 5.92 Å². The SMILES string of the molecule is CC1CSCC1NCc1cscc1Br. The third-order valence-electron chi connectivity index (χ3n) is 2.61. The van der Waals surface area contributed by atoms with Gasteiger partial charge >= 0.3 is 0 Å². The second-order valence-electron chi connectivity index (χ2n) is 3.75. The zero-order chi connectivity index (χ0) is 9.97. The number of halogens is 1. The minimum absolute atomic E-state index is 0.701. The molecule has 1 aliphatic rings. The molecule has 1 nitrogen and oxygen atoms in total. The van der Waals surface area contributed by atoms with Gasteiger partial charge in [0.15, 0.2) is 0 Å². The van der Waals surface area contributed by atoms with Crippen molar-refractivity contribution < 1.29 is 0 Å². The first-order valence-electron chi connectivity index (χ1n) is 4.79. The topological polar surface area (TPSA) is 12.0 Å². The van der Waals surface area contributed by atoms with E-state index in [-0.39, 0.29) is 0 Å². The first kappa shape index (κ1) is 11.0. The smallest absolute Gasteiger partial charge is 0.0327 e. The Hall–Kier alpha value is 0.490. The molecule has 1 N–H and O–H groups in total. The summed E-state index contributed by atoms with van der Waals surface area (Å²) >= 11 is 7.37. The fraction of sp³-hybridized carbons (Fsp3) is 0.600. The maximum Gasteiger partial charge on any atom is 0.0327 e. The molecule has 0 aliphatic carbocycles. The molecule has 1 fully saturated rings. The predicted octanol–water partition coefficient (Wildman–Crippen LogP) is 3.35. The molecule has 4 heteroatoms. The van der Waals surface area contributed by atoms with Gasteiger partial charge in [0, 0.05) is 28.2 Å². The average Bonchev–Trinajstić information content (AvgIpc) is 2.72. The molecule has 0 amide bonds. The molecular formula is C10H14BrNS2. The third kappa shape index (κ3) is 2.54. The number of thioether (sulfide) groups is 1. The fourth-order valence-electron chi connectivity index (χ4n) is 1.60. The summed E-state index contributed by atoms with van der Waals surface area (Å²) in [6, 6.07) is 0.701. The largest absolute Gasteiger partial charge is 0.309 e. The summed E-state index contributed by atoms with van der Waals surface area (Å²) in [4.78, 5) is 0. The zero-order valence-corrected chi connectivity index (χ0v) is 11.3. The van der Waals surface area contributed by atoms with E-state index < -0.39 is 0 Å². The Bertz CT molecular complexity index is 300. The van der Waals surface area contributed by atoms with Crippen LogP contribution in [0.2, 0.25) is 0 Å². The molecule has 2 heterocycles. The van der Waals surface area contributed by atoms with Crippen LogP contribution in [0.3, 0.4) is 0 Å². The zero-order valence-electron chi connectivity index (χ0n) is 8.13. The normalized spacial score (nSPS) is 27.0. The van der Waals surface area contributed by atoms with E-state index in [0.717, 1.165) is 12.5 Å². The standard InChI is InChI=1S/C10H14BrNS2/c1-7-3-13-6-10(7)12-2-8-4-14-5-9(8)11/h4-5,7,10,12H,2-3,6H2,1H3. The summed E-state index contributed by atoms with van der Waals surface area (Å²) in [5, 5.41) is 7.99. The van der Waals surface area contributed by atoms with Gasteiger partial charge in [0.1, 0.15) is 0 Å². The molecule has 0 aromatic carbocycles. The van der Waals surface area contributed by atoms with E-state index in [1.807, 2.05) is 0 Å². The number of hydrogen-bond donors (Lipinski definition) is 1. The van der Waals surface area contributed by atoms with E-state index in [4.69, 9.17) is 0 Å². The summed E-state index contributed by atoms with van der Waals surface area (Å²) in [7, 11) is 0. The Morgan fingerprint density at radius 3 is 2.93 bits per heavy atom. The first-order chi connectivity index (χ1) is 6.77. The van der Waals surface area contributed by atoms with Crippen molar-refractivity contribution in [3.63, 3.8) is 0 Å². The van der Waals surface area contributed by atoms with Crippen LogP contribution in [0.4, 0.5) is 0 Å². The van der Waals surface area contributed by atoms with E-state index in [2.05, 4.69) is 50.7 Å². The second-order valence-corrected chi connectivity index (χ2v) is 6.42. The summed E-state index contributed by atoms with van der Waals surface area (Å²) in [5.41, 5.74) is 1.39. The van der Waals surface area contributed by atoms with Crippen LogP contribution < -0.4 is 5.32 Å². The maximum absolute atomic E-state index is 3.63. The van der Waals surface area contributed by atoms with Gasteiger partial charge in [0.25, 0.3) is 0 Å². The Morgan fingerprint density at radius 2 is 2.36 bits per heavy atom. The second kappa shape index (κ2) is 5.01. The van der Waals surface area contributed by atoms with Gasteiger partial charge < -0.3 is 5.32 Å². The minimum atomic E-state index is 0.701. The van der Waals surface area contributed by atoms with E-state index in [0.29, 0.717) is 6.04 Å². The van der Waals surface area contributed by atoms with Crippen molar-refractivity contribution in [2.75, 3.05) is 11.5 Å². The average molecular weight is 292 g/mol. The fourth-order valence-corrected chi connectivity index (χ4v) is 4.48. The molecule has 1 aliphatic heterocycles. The first-order valence-corrected chi connectivity index (χ1v) is 7.68. The lowest BCUT2D eigenvalue weighted by Gasteiger charge is -2.15. The van der Waals surface area contributed by atoms with Crippen LogP contribution in [0.15, 0.2) is 15.2 Å². The highest BCUT2D eigenvalue weighted by Gasteiger charge is 2.23. The Balaban J connectivity index is 1.85. The number of rotatable bonds is 3. The van der Waals surface area contributed by atoms with Crippen molar-refractivity contribution >= 4 is 39.0 Å². The molecule has 2 atom stereocenters. The molecule has 2 unspecified atom stereocenters. The van der Waals surface area contributed by atoms with Gasteiger partial charge in [0.2, 0.25) is 0 Å². The van der Waals surface area contributed by atoms with E-state index in [9.17, 15) is 0 Å². The lowest BCUT2D eigenvalue weighted by atomic mass is 10.1. The van der Waals surface area contributed by atoms with Crippen molar-refractivity contribution in [3.05, 3.63) is 20.8 Å². The van der Waals surface area contributed by atoms with E-state index >= 15 is 0 Å². The van der Waals surface area contributed by atoms with Crippen molar-refractivity contribution in [2.45, 2.75) is 19.5 Å². The van der Waals surface area contributed by atoms with Gasteiger partial charge in [-0.15, -0.1) is 0 Å². The molecule has 0 radical (unpaired) electrons. The van der Waals surface area contributed by atoms with Crippen LogP contribution >= 0.6 is 39.0 Å². The molecule has 1 aromatic rings. The molecule has 0 bridgehead atoms. The highest BCUT2D eigenvalue weighted by molar-refractivity contribution is 9.10. The van der Waals surface area contributed by atoms with Crippen molar-refractivity contribution in [3.8, 4) is 0 Å². The summed E-state index contributed by atoms with van der Waals surface area (Å²) in [5.74, 6) is 3.39. The van der Waals surface area contributed by atoms with Gasteiger partial charge in [-0.2, -0.15) is 23.1 Å². The molecule has 2 rings (SSSR count). The van der Waals surface area contributed by atoms with Crippen molar-refractivity contribution in [1.29, 1.82) is 0 Å². The highest BCUT2D eigenvalue weighted by atomic mass is 79.9. The van der Waals surface area contributed by atoms with E-state index in [1.54, 1.807) is 11.3 Å². The molecule has 78 valence electrons. The molecule has 0 saturated carbocycles. The van der Waals surface area contributed by atoms with E-state index in [1.165, 1.54) is 21.5 Å². The van der Waals surface area contributed by atoms with Gasteiger partial charge in [0.05, 0.1) is 0 Å². The maximum atomic E-state index is 3.63. The van der Waals surface area contributed by atoms with Gasteiger partial charge in [-0.25, -0.2) is 0 Å². The molecule has 1 aromatic heterocycles. The van der Waals surface area contributed by atoms with Gasteiger partial charge in [-0.05, 0) is 38.5 Å². The molecular weight excluding hydrogens is 278 g/mol. The Morgan fingerprint density at radius 1 is 1.50 bits per heavy atom. The van der Waals surface area contributed by atoms with Crippen LogP contribution in [0.1, 0.15) is 12.5 Å². The summed E-state index contributed by atoms with van der Waals surface area (Å²) < 4.78 is 1.24. The van der Waals surface area contributed by atoms with Crippen LogP contribution in [0.25, 0.3) is 0 Å². The number of thiophene rings is 1. The monoisotopic (exact) mass is 291 g/mol. The quantitative estimate of drug-likeness (QED) is 0.917. The lowest BCUT2D eigenvalue weighted by Crippen LogP contribution is -2.33. The Labute approximate surface area is 102 Å². The number of nitrogens with one attached hydrogen (secondary N) is 1. The van der Waals surface area contributed by atoms with Crippen LogP contribution in [0, 0.1) is 5.92 Å². The summed E-state index contributed by atoms with van der Waals surface area (Å²) in [6.07, 6.45) is 0. The third-order valence-corrected chi connectivity index (χ3v) is 5.80. The van der Waals surface area contributed by atoms with Crippen LogP contribution in [-0.4, -0.2) is 17.5 Å².